The Morgan fingerprint density at radius 2 is 2.00 bits per heavy atom. The fraction of sp³-hybridized carbons (Fsp3) is 0.524. The van der Waals surface area contributed by atoms with Gasteiger partial charge in [0.15, 0.2) is 5.82 Å². The molecule has 0 bridgehead atoms. The van der Waals surface area contributed by atoms with Gasteiger partial charge >= 0.3 is 12.1 Å². The molecule has 0 radical (unpaired) electrons. The van der Waals surface area contributed by atoms with E-state index >= 15 is 0 Å². The topological polar surface area (TPSA) is 140 Å². The zero-order valence-corrected chi connectivity index (χ0v) is 19.0. The highest BCUT2D eigenvalue weighted by atomic mass is 16.6. The number of hydrogen-bond donors (Lipinski definition) is 2. The molecule has 11 heteroatoms. The smallest absolute Gasteiger partial charge is 0.410 e. The van der Waals surface area contributed by atoms with Crippen molar-refractivity contribution in [2.75, 3.05) is 13.6 Å². The van der Waals surface area contributed by atoms with Crippen LogP contribution in [-0.2, 0) is 9.53 Å². The van der Waals surface area contributed by atoms with Crippen LogP contribution in [-0.4, -0.2) is 73.4 Å². The Labute approximate surface area is 186 Å². The van der Waals surface area contributed by atoms with E-state index in [4.69, 9.17) is 4.74 Å². The number of nitrogens with one attached hydrogen (secondary N) is 1. The van der Waals surface area contributed by atoms with Crippen molar-refractivity contribution in [2.24, 2.45) is 0 Å². The number of aromatic nitrogens is 4. The largest absolute Gasteiger partial charge is 0.481 e. The third-order valence-electron chi connectivity index (χ3n) is 4.36. The first-order valence-corrected chi connectivity index (χ1v) is 10.3. The molecule has 0 aliphatic rings. The SMILES string of the molecule is Cc1nnn(-c2cccc(C(=O)N[C@@H](CCCN(C)C(=O)OC(C)(C)C)CC(=O)O)c2)n1. The summed E-state index contributed by atoms with van der Waals surface area (Å²) < 4.78 is 5.30. The molecule has 2 amide bonds. The molecule has 32 heavy (non-hydrogen) atoms. The van der Waals surface area contributed by atoms with E-state index in [1.165, 1.54) is 9.70 Å². The number of carboxylic acids is 1. The summed E-state index contributed by atoms with van der Waals surface area (Å²) >= 11 is 0. The lowest BCUT2D eigenvalue weighted by atomic mass is 10.1. The van der Waals surface area contributed by atoms with Crippen LogP contribution in [0.2, 0.25) is 0 Å². The number of carbonyl (C=O) groups excluding carboxylic acids is 2. The maximum Gasteiger partial charge on any atom is 0.410 e. The number of nitrogens with zero attached hydrogens (tertiary/aromatic N) is 5. The average molecular weight is 447 g/mol. The van der Waals surface area contributed by atoms with Crippen molar-refractivity contribution in [1.29, 1.82) is 0 Å². The number of rotatable bonds is 9. The van der Waals surface area contributed by atoms with E-state index in [-0.39, 0.29) is 6.42 Å². The van der Waals surface area contributed by atoms with Gasteiger partial charge in [-0.1, -0.05) is 6.07 Å². The quantitative estimate of drug-likeness (QED) is 0.597. The molecule has 0 unspecified atom stereocenters. The number of carboxylic acid groups (broad SMARTS) is 1. The summed E-state index contributed by atoms with van der Waals surface area (Å²) in [4.78, 5) is 38.8. The van der Waals surface area contributed by atoms with Crippen LogP contribution < -0.4 is 5.32 Å². The third-order valence-corrected chi connectivity index (χ3v) is 4.36. The molecule has 174 valence electrons. The molecule has 0 fully saturated rings. The van der Waals surface area contributed by atoms with Crippen LogP contribution >= 0.6 is 0 Å². The van der Waals surface area contributed by atoms with Gasteiger partial charge in [-0.2, -0.15) is 0 Å². The molecule has 2 aromatic rings. The number of ether oxygens (including phenoxy) is 1. The lowest BCUT2D eigenvalue weighted by Gasteiger charge is -2.25. The lowest BCUT2D eigenvalue weighted by molar-refractivity contribution is -0.137. The minimum atomic E-state index is -1.02. The Morgan fingerprint density at radius 1 is 1.28 bits per heavy atom. The summed E-state index contributed by atoms with van der Waals surface area (Å²) in [5.74, 6) is -0.931. The van der Waals surface area contributed by atoms with Gasteiger partial charge in [0.2, 0.25) is 0 Å². The van der Waals surface area contributed by atoms with Gasteiger partial charge in [-0.05, 0) is 63.9 Å². The fourth-order valence-electron chi connectivity index (χ4n) is 2.88. The molecule has 0 aliphatic carbocycles. The predicted octanol–water partition coefficient (Wildman–Crippen LogP) is 2.19. The molecule has 1 atom stereocenters. The molecular formula is C21H30N6O5. The standard InChI is InChI=1S/C21H30N6O5/c1-14-23-25-27(24-14)17-10-6-8-15(12-17)19(30)22-16(13-18(28)29)9-7-11-26(5)20(31)32-21(2,3)4/h6,8,10,12,16H,7,9,11,13H2,1-5H3,(H,22,30)(H,28,29)/t16-/m0/s1. The van der Waals surface area contributed by atoms with Crippen LogP contribution in [0.3, 0.4) is 0 Å². The lowest BCUT2D eigenvalue weighted by Crippen LogP contribution is -2.38. The molecule has 11 nitrogen and oxygen atoms in total. The number of aryl methyl sites for hydroxylation is 1. The van der Waals surface area contributed by atoms with Gasteiger partial charge in [0.1, 0.15) is 5.60 Å². The van der Waals surface area contributed by atoms with Gasteiger partial charge in [-0.3, -0.25) is 9.59 Å². The van der Waals surface area contributed by atoms with Gasteiger partial charge < -0.3 is 20.1 Å². The second-order valence-corrected chi connectivity index (χ2v) is 8.49. The predicted molar refractivity (Wildman–Crippen MR) is 115 cm³/mol. The van der Waals surface area contributed by atoms with Crippen molar-refractivity contribution in [3.8, 4) is 5.69 Å². The summed E-state index contributed by atoms with van der Waals surface area (Å²) in [5, 5.41) is 23.8. The van der Waals surface area contributed by atoms with Crippen molar-refractivity contribution in [3.63, 3.8) is 0 Å². The second kappa shape index (κ2) is 10.7. The summed E-state index contributed by atoms with van der Waals surface area (Å²) in [6.45, 7) is 7.43. The minimum absolute atomic E-state index is 0.231. The Morgan fingerprint density at radius 3 is 2.59 bits per heavy atom. The van der Waals surface area contributed by atoms with Crippen LogP contribution in [0.5, 0.6) is 0 Å². The summed E-state index contributed by atoms with van der Waals surface area (Å²) in [6.07, 6.45) is 0.195. The van der Waals surface area contributed by atoms with E-state index in [2.05, 4.69) is 20.7 Å². The van der Waals surface area contributed by atoms with Gasteiger partial charge in [0, 0.05) is 25.2 Å². The first kappa shape index (κ1) is 24.8. The molecular weight excluding hydrogens is 416 g/mol. The summed E-state index contributed by atoms with van der Waals surface area (Å²) in [5.41, 5.74) is 0.311. The van der Waals surface area contributed by atoms with Gasteiger partial charge in [-0.25, -0.2) is 4.79 Å². The van der Waals surface area contributed by atoms with E-state index in [0.717, 1.165) is 0 Å². The Bertz CT molecular complexity index is 952. The van der Waals surface area contributed by atoms with Gasteiger partial charge in [-0.15, -0.1) is 15.0 Å². The number of hydrogen-bond acceptors (Lipinski definition) is 7. The minimum Gasteiger partial charge on any atom is -0.481 e. The molecule has 1 aromatic carbocycles. The number of benzene rings is 1. The van der Waals surface area contributed by atoms with Crippen LogP contribution in [0, 0.1) is 6.92 Å². The zero-order chi connectivity index (χ0) is 23.9. The van der Waals surface area contributed by atoms with E-state index < -0.39 is 29.6 Å². The van der Waals surface area contributed by atoms with Crippen LogP contribution in [0.4, 0.5) is 4.79 Å². The normalized spacial score (nSPS) is 12.2. The van der Waals surface area contributed by atoms with Crippen molar-refractivity contribution in [2.45, 2.75) is 58.6 Å². The molecule has 0 saturated heterocycles. The molecule has 1 heterocycles. The molecule has 2 N–H and O–H groups in total. The van der Waals surface area contributed by atoms with E-state index in [0.29, 0.717) is 36.5 Å². The van der Waals surface area contributed by atoms with E-state index in [1.54, 1.807) is 59.0 Å². The van der Waals surface area contributed by atoms with Crippen molar-refractivity contribution < 1.29 is 24.2 Å². The Hall–Kier alpha value is -3.50. The highest BCUT2D eigenvalue weighted by Gasteiger charge is 2.21. The molecule has 0 saturated carbocycles. The van der Waals surface area contributed by atoms with Crippen molar-refractivity contribution in [1.82, 2.24) is 30.4 Å². The number of tetrazole rings is 1. The maximum atomic E-state index is 12.7. The highest BCUT2D eigenvalue weighted by Crippen LogP contribution is 2.12. The fourth-order valence-corrected chi connectivity index (χ4v) is 2.88. The Balaban J connectivity index is 1.97. The highest BCUT2D eigenvalue weighted by molar-refractivity contribution is 5.95. The number of carbonyl (C=O) groups is 3. The first-order valence-electron chi connectivity index (χ1n) is 10.3. The zero-order valence-electron chi connectivity index (χ0n) is 19.0. The number of aliphatic carboxylic acids is 1. The van der Waals surface area contributed by atoms with Crippen molar-refractivity contribution in [3.05, 3.63) is 35.7 Å². The number of amides is 2. The summed E-state index contributed by atoms with van der Waals surface area (Å²) in [6, 6.07) is 6.05. The average Bonchev–Trinajstić information content (AvgIpc) is 3.12. The second-order valence-electron chi connectivity index (χ2n) is 8.49. The third kappa shape index (κ3) is 7.97. The van der Waals surface area contributed by atoms with Crippen LogP contribution in [0.25, 0.3) is 5.69 Å². The van der Waals surface area contributed by atoms with Crippen molar-refractivity contribution >= 4 is 18.0 Å². The van der Waals surface area contributed by atoms with Gasteiger partial charge in [0.05, 0.1) is 12.1 Å². The monoisotopic (exact) mass is 446 g/mol. The first-order chi connectivity index (χ1) is 14.9. The van der Waals surface area contributed by atoms with Crippen LogP contribution in [0.1, 0.15) is 56.2 Å². The van der Waals surface area contributed by atoms with E-state index in [1.807, 2.05) is 0 Å². The Kier molecular flexibility index (Phi) is 8.27. The maximum absolute atomic E-state index is 12.7. The molecule has 1 aromatic heterocycles. The van der Waals surface area contributed by atoms with Gasteiger partial charge in [0.25, 0.3) is 5.91 Å². The summed E-state index contributed by atoms with van der Waals surface area (Å²) in [7, 11) is 1.62. The van der Waals surface area contributed by atoms with E-state index in [9.17, 15) is 19.5 Å². The molecule has 2 rings (SSSR count). The van der Waals surface area contributed by atoms with Crippen LogP contribution in [0.15, 0.2) is 24.3 Å². The molecule has 0 spiro atoms. The molecule has 0 aliphatic heterocycles.